The summed E-state index contributed by atoms with van der Waals surface area (Å²) in [7, 11) is -3.97. The van der Waals surface area contributed by atoms with E-state index in [1.165, 1.54) is 17.4 Å². The summed E-state index contributed by atoms with van der Waals surface area (Å²) in [5.41, 5.74) is 2.10. The highest BCUT2D eigenvalue weighted by molar-refractivity contribution is 7.89. The van der Waals surface area contributed by atoms with E-state index in [0.717, 1.165) is 44.3 Å². The Balaban J connectivity index is 1.66. The first-order valence-corrected chi connectivity index (χ1v) is 13.6. The maximum atomic E-state index is 12.9. The number of rotatable bonds is 9. The molecule has 180 valence electrons. The lowest BCUT2D eigenvalue weighted by Gasteiger charge is -2.18. The lowest BCUT2D eigenvalue weighted by Crippen LogP contribution is -2.44. The second-order valence-corrected chi connectivity index (χ2v) is 12.1. The van der Waals surface area contributed by atoms with Gasteiger partial charge in [-0.05, 0) is 48.1 Å². The lowest BCUT2D eigenvalue weighted by molar-refractivity contribution is -0.140. The third kappa shape index (κ3) is 5.01. The second kappa shape index (κ2) is 9.48. The molecule has 0 saturated carbocycles. The Morgan fingerprint density at radius 2 is 1.82 bits per heavy atom. The minimum absolute atomic E-state index is 0.0603. The highest BCUT2D eigenvalue weighted by Crippen LogP contribution is 2.37. The van der Waals surface area contributed by atoms with Gasteiger partial charge < -0.3 is 5.11 Å². The van der Waals surface area contributed by atoms with Crippen LogP contribution in [0.5, 0.6) is 0 Å². The topological polar surface area (TPSA) is 101 Å². The number of aryl methyl sites for hydroxylation is 1. The molecule has 2 aromatic heterocycles. The Bertz CT molecular complexity index is 1450. The van der Waals surface area contributed by atoms with Crippen LogP contribution in [-0.2, 0) is 21.4 Å². The molecule has 4 rings (SSSR count). The summed E-state index contributed by atoms with van der Waals surface area (Å²) in [5.74, 6) is -0.958. The van der Waals surface area contributed by atoms with Crippen molar-refractivity contribution in [1.29, 1.82) is 0 Å². The van der Waals surface area contributed by atoms with Crippen LogP contribution in [0.25, 0.3) is 31.3 Å². The van der Waals surface area contributed by atoms with Crippen LogP contribution < -0.4 is 4.72 Å². The van der Waals surface area contributed by atoms with Crippen molar-refractivity contribution in [3.8, 4) is 11.1 Å². The van der Waals surface area contributed by atoms with Crippen molar-refractivity contribution in [2.75, 3.05) is 0 Å². The summed E-state index contributed by atoms with van der Waals surface area (Å²) in [6.45, 7) is 8.61. The molecule has 9 heteroatoms. The predicted molar refractivity (Wildman–Crippen MR) is 137 cm³/mol. The van der Waals surface area contributed by atoms with E-state index in [-0.39, 0.29) is 10.8 Å². The molecular weight excluding hydrogens is 470 g/mol. The maximum Gasteiger partial charge on any atom is 0.322 e. The Labute approximate surface area is 203 Å². The molecule has 0 unspecified atom stereocenters. The zero-order valence-corrected chi connectivity index (χ0v) is 21.3. The molecule has 34 heavy (non-hydrogen) atoms. The molecule has 4 aromatic rings. The number of carboxylic acid groups (broad SMARTS) is 1. The number of nitrogens with zero attached hydrogens (tertiary/aromatic N) is 2. The number of thiophene rings is 1. The molecule has 0 bridgehead atoms. The predicted octanol–water partition coefficient (Wildman–Crippen LogP) is 5.35. The number of nitrogens with one attached hydrogen (secondary N) is 1. The minimum atomic E-state index is -3.97. The summed E-state index contributed by atoms with van der Waals surface area (Å²) in [4.78, 5) is 11.5. The molecule has 2 N–H and O–H groups in total. The Morgan fingerprint density at radius 1 is 1.06 bits per heavy atom. The van der Waals surface area contributed by atoms with Crippen molar-refractivity contribution < 1.29 is 18.3 Å². The highest BCUT2D eigenvalue weighted by Gasteiger charge is 2.28. The Kier molecular flexibility index (Phi) is 6.80. The maximum absolute atomic E-state index is 12.9. The summed E-state index contributed by atoms with van der Waals surface area (Å²) >= 11 is 1.51. The lowest BCUT2D eigenvalue weighted by atomic mass is 10.1. The van der Waals surface area contributed by atoms with Gasteiger partial charge in [0.2, 0.25) is 10.0 Å². The number of sulfonamides is 1. The van der Waals surface area contributed by atoms with Gasteiger partial charge in [0.15, 0.2) is 0 Å². The number of carbonyl (C=O) groups is 1. The van der Waals surface area contributed by atoms with Gasteiger partial charge >= 0.3 is 5.97 Å². The third-order valence-electron chi connectivity index (χ3n) is 5.87. The van der Waals surface area contributed by atoms with Crippen molar-refractivity contribution in [2.24, 2.45) is 11.8 Å². The van der Waals surface area contributed by atoms with Gasteiger partial charge in [-0.15, -0.1) is 11.3 Å². The molecule has 2 heterocycles. The molecule has 0 radical (unpaired) electrons. The van der Waals surface area contributed by atoms with Gasteiger partial charge in [-0.2, -0.15) is 9.82 Å². The monoisotopic (exact) mass is 499 g/mol. The quantitative estimate of drug-likeness (QED) is 0.323. The summed E-state index contributed by atoms with van der Waals surface area (Å²) < 4.78 is 31.9. The van der Waals surface area contributed by atoms with Crippen LogP contribution in [0.2, 0.25) is 0 Å². The van der Waals surface area contributed by atoms with Crippen LogP contribution in [0.3, 0.4) is 0 Å². The minimum Gasteiger partial charge on any atom is -0.480 e. The van der Waals surface area contributed by atoms with Crippen LogP contribution in [0.1, 0.15) is 34.1 Å². The molecule has 2 aromatic carbocycles. The van der Waals surface area contributed by atoms with E-state index in [2.05, 4.69) is 42.0 Å². The van der Waals surface area contributed by atoms with Crippen LogP contribution in [0.15, 0.2) is 53.7 Å². The molecule has 0 fully saturated rings. The first-order chi connectivity index (χ1) is 16.0. The van der Waals surface area contributed by atoms with E-state index in [9.17, 15) is 18.3 Å². The van der Waals surface area contributed by atoms with Crippen LogP contribution in [0, 0.1) is 11.8 Å². The van der Waals surface area contributed by atoms with Crippen molar-refractivity contribution in [2.45, 2.75) is 51.6 Å². The SMILES string of the molecule is CC(C)CCn1cc(-c2ccc3sc4cc(S(=O)(=O)N[C@H](C(=O)O)C(C)C)ccc4c3c2)cn1. The van der Waals surface area contributed by atoms with Crippen molar-refractivity contribution >= 4 is 47.5 Å². The van der Waals surface area contributed by atoms with Gasteiger partial charge in [0, 0.05) is 38.5 Å². The van der Waals surface area contributed by atoms with Gasteiger partial charge in [-0.3, -0.25) is 9.48 Å². The molecule has 0 aliphatic heterocycles. The van der Waals surface area contributed by atoms with Crippen molar-refractivity contribution in [3.63, 3.8) is 0 Å². The molecule has 0 aliphatic carbocycles. The molecule has 1 atom stereocenters. The number of fused-ring (bicyclic) bond motifs is 3. The van der Waals surface area contributed by atoms with Gasteiger partial charge in [0.05, 0.1) is 11.1 Å². The number of aliphatic carboxylic acids is 1. The third-order valence-corrected chi connectivity index (χ3v) is 8.44. The van der Waals surface area contributed by atoms with E-state index in [0.29, 0.717) is 5.92 Å². The second-order valence-electron chi connectivity index (χ2n) is 9.33. The molecule has 7 nitrogen and oxygen atoms in total. The van der Waals surface area contributed by atoms with E-state index in [4.69, 9.17) is 0 Å². The fraction of sp³-hybridized carbons (Fsp3) is 0.360. The normalized spacial score (nSPS) is 13.4. The molecule has 0 amide bonds. The van der Waals surface area contributed by atoms with E-state index in [1.807, 2.05) is 16.9 Å². The zero-order valence-electron chi connectivity index (χ0n) is 19.6. The van der Waals surface area contributed by atoms with E-state index in [1.54, 1.807) is 26.0 Å². The number of carboxylic acids is 1. The average molecular weight is 500 g/mol. The van der Waals surface area contributed by atoms with Crippen LogP contribution in [-0.4, -0.2) is 35.3 Å². The van der Waals surface area contributed by atoms with Gasteiger partial charge in [-0.1, -0.05) is 39.8 Å². The summed E-state index contributed by atoms with van der Waals surface area (Å²) in [6, 6.07) is 9.98. The van der Waals surface area contributed by atoms with Gasteiger partial charge in [0.25, 0.3) is 0 Å². The Morgan fingerprint density at radius 3 is 2.50 bits per heavy atom. The first kappa shape index (κ1) is 24.4. The van der Waals surface area contributed by atoms with Crippen molar-refractivity contribution in [1.82, 2.24) is 14.5 Å². The molecule has 0 aliphatic rings. The summed E-state index contributed by atoms with van der Waals surface area (Å²) in [6.07, 6.45) is 5.00. The van der Waals surface area contributed by atoms with Crippen molar-refractivity contribution in [3.05, 3.63) is 48.8 Å². The zero-order chi connectivity index (χ0) is 24.6. The number of benzene rings is 2. The highest BCUT2D eigenvalue weighted by atomic mass is 32.2. The van der Waals surface area contributed by atoms with Crippen LogP contribution in [0.4, 0.5) is 0 Å². The van der Waals surface area contributed by atoms with Gasteiger partial charge in [-0.25, -0.2) is 8.42 Å². The standard InChI is InChI=1S/C25H29N3O4S2/c1-15(2)9-10-28-14-18(13-26-28)17-5-8-22-21(11-17)20-7-6-19(12-23(20)33-22)34(31,32)27-24(16(3)4)25(29)30/h5-8,11-16,24,27H,9-10H2,1-4H3,(H,29,30)/t24-/m0/s1. The summed E-state index contributed by atoms with van der Waals surface area (Å²) in [5, 5.41) is 15.9. The van der Waals surface area contributed by atoms with Crippen LogP contribution >= 0.6 is 11.3 Å². The Hall–Kier alpha value is -2.75. The fourth-order valence-corrected chi connectivity index (χ4v) is 6.40. The number of aromatic nitrogens is 2. The number of hydrogen-bond donors (Lipinski definition) is 2. The first-order valence-electron chi connectivity index (χ1n) is 11.3. The van der Waals surface area contributed by atoms with E-state index < -0.39 is 22.0 Å². The molecule has 0 saturated heterocycles. The molecular formula is C25H29N3O4S2. The fourth-order valence-electron chi connectivity index (χ4n) is 3.84. The number of hydrogen-bond acceptors (Lipinski definition) is 5. The largest absolute Gasteiger partial charge is 0.480 e. The van der Waals surface area contributed by atoms with E-state index >= 15 is 0 Å². The van der Waals surface area contributed by atoms with Gasteiger partial charge in [0.1, 0.15) is 6.04 Å². The average Bonchev–Trinajstić information content (AvgIpc) is 3.39. The molecule has 0 spiro atoms. The smallest absolute Gasteiger partial charge is 0.322 e.